The zero-order chi connectivity index (χ0) is 19.6. The van der Waals surface area contributed by atoms with E-state index in [2.05, 4.69) is 118 Å². The van der Waals surface area contributed by atoms with Gasteiger partial charge in [0.05, 0.1) is 6.10 Å². The molecule has 0 saturated heterocycles. The highest BCUT2D eigenvalue weighted by Gasteiger charge is 2.51. The maximum absolute atomic E-state index is 7.33. The minimum Gasteiger partial charge on any atom is -0.400 e. The van der Waals surface area contributed by atoms with E-state index in [-0.39, 0.29) is 11.1 Å². The topological polar surface area (TPSA) is 9.23 Å². The zero-order valence-electron chi connectivity index (χ0n) is 16.9. The fraction of sp³-hybridized carbons (Fsp3) is 0.231. The highest BCUT2D eigenvalue weighted by molar-refractivity contribution is 6.99. The van der Waals surface area contributed by atoms with Crippen molar-refractivity contribution in [2.45, 2.75) is 38.3 Å². The molecule has 0 fully saturated rings. The maximum atomic E-state index is 7.33. The molecule has 0 aromatic heterocycles. The third kappa shape index (κ3) is 3.27. The van der Waals surface area contributed by atoms with E-state index in [4.69, 9.17) is 4.43 Å². The van der Waals surface area contributed by atoms with Crippen LogP contribution in [0.3, 0.4) is 0 Å². The first kappa shape index (κ1) is 18.9. The van der Waals surface area contributed by atoms with Crippen molar-refractivity contribution in [1.29, 1.82) is 0 Å². The second-order valence-corrected chi connectivity index (χ2v) is 12.8. The Kier molecular flexibility index (Phi) is 5.09. The second kappa shape index (κ2) is 7.54. The molecular formula is C26H28OSi. The Morgan fingerprint density at radius 1 is 0.750 bits per heavy atom. The Balaban J connectivity index is 1.90. The lowest BCUT2D eigenvalue weighted by atomic mass is 9.95. The summed E-state index contributed by atoms with van der Waals surface area (Å²) in [4.78, 5) is 0. The summed E-state index contributed by atoms with van der Waals surface area (Å²) in [5, 5.41) is 2.66. The summed E-state index contributed by atoms with van der Waals surface area (Å²) in [5.41, 5.74) is 2.58. The average molecular weight is 385 g/mol. The van der Waals surface area contributed by atoms with E-state index in [1.807, 2.05) is 0 Å². The second-order valence-electron chi connectivity index (χ2n) is 8.54. The van der Waals surface area contributed by atoms with E-state index in [0.717, 1.165) is 6.42 Å². The zero-order valence-corrected chi connectivity index (χ0v) is 17.9. The Morgan fingerprint density at radius 3 is 1.86 bits per heavy atom. The van der Waals surface area contributed by atoms with Gasteiger partial charge in [-0.2, -0.15) is 0 Å². The Labute approximate surface area is 169 Å². The average Bonchev–Trinajstić information content (AvgIpc) is 2.72. The summed E-state index contributed by atoms with van der Waals surface area (Å²) in [6, 6.07) is 30.4. The van der Waals surface area contributed by atoms with Crippen molar-refractivity contribution in [3.8, 4) is 0 Å². The van der Waals surface area contributed by atoms with Crippen LogP contribution in [-0.4, -0.2) is 8.32 Å². The van der Waals surface area contributed by atoms with Gasteiger partial charge in [0.15, 0.2) is 0 Å². The lowest BCUT2D eigenvalue weighted by Gasteiger charge is -2.45. The number of benzene rings is 3. The largest absolute Gasteiger partial charge is 0.400 e. The molecule has 3 aromatic rings. The van der Waals surface area contributed by atoms with E-state index in [9.17, 15) is 0 Å². The van der Waals surface area contributed by atoms with Gasteiger partial charge in [0.25, 0.3) is 8.32 Å². The summed E-state index contributed by atoms with van der Waals surface area (Å²) in [6.07, 6.45) is 5.47. The first-order valence-corrected chi connectivity index (χ1v) is 12.0. The number of fused-ring (bicyclic) bond motifs is 1. The number of hydrogen-bond donors (Lipinski definition) is 0. The molecule has 1 atom stereocenters. The van der Waals surface area contributed by atoms with Crippen molar-refractivity contribution < 1.29 is 4.43 Å². The van der Waals surface area contributed by atoms with Crippen LogP contribution in [0.15, 0.2) is 91.0 Å². The molecule has 2 heteroatoms. The fourth-order valence-electron chi connectivity index (χ4n) is 4.42. The van der Waals surface area contributed by atoms with Crippen LogP contribution in [0.4, 0.5) is 0 Å². The van der Waals surface area contributed by atoms with Crippen molar-refractivity contribution in [2.75, 3.05) is 0 Å². The van der Waals surface area contributed by atoms with Crippen LogP contribution in [0.2, 0.25) is 5.04 Å². The molecule has 4 rings (SSSR count). The van der Waals surface area contributed by atoms with Gasteiger partial charge >= 0.3 is 0 Å². The molecule has 142 valence electrons. The van der Waals surface area contributed by atoms with Crippen LogP contribution in [0, 0.1) is 0 Å². The highest BCUT2D eigenvalue weighted by Crippen LogP contribution is 2.42. The fourth-order valence-corrected chi connectivity index (χ4v) is 9.08. The van der Waals surface area contributed by atoms with E-state index in [0.29, 0.717) is 0 Å². The van der Waals surface area contributed by atoms with Gasteiger partial charge in [0.1, 0.15) is 0 Å². The molecule has 0 N–H and O–H groups in total. The summed E-state index contributed by atoms with van der Waals surface area (Å²) < 4.78 is 7.33. The van der Waals surface area contributed by atoms with Crippen molar-refractivity contribution in [3.05, 3.63) is 102 Å². The predicted molar refractivity (Wildman–Crippen MR) is 122 cm³/mol. The molecule has 28 heavy (non-hydrogen) atoms. The van der Waals surface area contributed by atoms with Gasteiger partial charge in [-0.05, 0) is 33.0 Å². The third-order valence-electron chi connectivity index (χ3n) is 5.73. The molecule has 0 bridgehead atoms. The molecule has 0 amide bonds. The minimum absolute atomic E-state index is 0.00812. The van der Waals surface area contributed by atoms with Gasteiger partial charge in [0.2, 0.25) is 0 Å². The summed E-state index contributed by atoms with van der Waals surface area (Å²) in [5.74, 6) is 0. The van der Waals surface area contributed by atoms with Crippen molar-refractivity contribution in [3.63, 3.8) is 0 Å². The highest BCUT2D eigenvalue weighted by atomic mass is 28.4. The maximum Gasteiger partial charge on any atom is 0.261 e. The van der Waals surface area contributed by atoms with Crippen LogP contribution in [-0.2, 0) is 4.43 Å². The smallest absolute Gasteiger partial charge is 0.261 e. The summed E-state index contributed by atoms with van der Waals surface area (Å²) in [7, 11) is -2.54. The molecule has 0 saturated carbocycles. The molecule has 0 heterocycles. The van der Waals surface area contributed by atoms with Gasteiger partial charge in [0, 0.05) is 0 Å². The van der Waals surface area contributed by atoms with Gasteiger partial charge in [-0.15, -0.1) is 0 Å². The molecule has 1 aliphatic carbocycles. The molecule has 1 nitrogen and oxygen atoms in total. The van der Waals surface area contributed by atoms with E-state index >= 15 is 0 Å². The molecule has 0 spiro atoms. The molecule has 0 aliphatic heterocycles. The molecular weight excluding hydrogens is 356 g/mol. The first-order valence-electron chi connectivity index (χ1n) is 10.1. The summed E-state index contributed by atoms with van der Waals surface area (Å²) >= 11 is 0. The number of hydrogen-bond acceptors (Lipinski definition) is 1. The van der Waals surface area contributed by atoms with Crippen LogP contribution < -0.4 is 10.4 Å². The first-order chi connectivity index (χ1) is 13.5. The molecule has 3 aromatic carbocycles. The minimum atomic E-state index is -2.54. The lowest BCUT2D eigenvalue weighted by molar-refractivity contribution is 0.192. The van der Waals surface area contributed by atoms with Crippen LogP contribution in [0.5, 0.6) is 0 Å². The van der Waals surface area contributed by atoms with Crippen molar-refractivity contribution >= 4 is 24.8 Å². The molecule has 0 radical (unpaired) electrons. The lowest BCUT2D eigenvalue weighted by Crippen LogP contribution is -2.66. The SMILES string of the molecule is CC(C)(C)[Si](O[C@H]1CC=Cc2ccccc21)(c1ccccc1)c1ccccc1. The quantitative estimate of drug-likeness (QED) is 0.523. The standard InChI is InChI=1S/C26H28OSi/c1-26(2,3)28(22-15-6-4-7-16-22,23-17-8-5-9-18-23)27-25-20-12-14-21-13-10-11-19-24(21)25/h4-19,25H,20H2,1-3H3/t25-/m0/s1. The summed E-state index contributed by atoms with van der Waals surface area (Å²) in [6.45, 7) is 7.01. The molecule has 1 aliphatic rings. The molecule has 0 unspecified atom stereocenters. The van der Waals surface area contributed by atoms with Crippen molar-refractivity contribution in [2.24, 2.45) is 0 Å². The van der Waals surface area contributed by atoms with Gasteiger partial charge < -0.3 is 4.43 Å². The van der Waals surface area contributed by atoms with E-state index in [1.54, 1.807) is 0 Å². The Morgan fingerprint density at radius 2 is 1.29 bits per heavy atom. The van der Waals surface area contributed by atoms with E-state index < -0.39 is 8.32 Å². The van der Waals surface area contributed by atoms with Crippen LogP contribution >= 0.6 is 0 Å². The Bertz CT molecular complexity index is 915. The van der Waals surface area contributed by atoms with Crippen LogP contribution in [0.25, 0.3) is 6.08 Å². The predicted octanol–water partition coefficient (Wildman–Crippen LogP) is 5.72. The van der Waals surface area contributed by atoms with E-state index in [1.165, 1.54) is 21.5 Å². The van der Waals surface area contributed by atoms with Gasteiger partial charge in [-0.1, -0.05) is 118 Å². The third-order valence-corrected chi connectivity index (χ3v) is 10.8. The monoisotopic (exact) mass is 384 g/mol. The van der Waals surface area contributed by atoms with Gasteiger partial charge in [-0.3, -0.25) is 0 Å². The van der Waals surface area contributed by atoms with Crippen LogP contribution in [0.1, 0.15) is 44.4 Å². The van der Waals surface area contributed by atoms with Gasteiger partial charge in [-0.25, -0.2) is 0 Å². The normalized spacial score (nSPS) is 16.6. The Hall–Kier alpha value is -2.42. The number of rotatable bonds is 4. The van der Waals surface area contributed by atoms with Crippen molar-refractivity contribution in [1.82, 2.24) is 0 Å².